The molecule has 0 aromatic carbocycles. The van der Waals surface area contributed by atoms with Gasteiger partial charge < -0.3 is 10.6 Å². The molecule has 0 radical (unpaired) electrons. The van der Waals surface area contributed by atoms with Gasteiger partial charge in [0.05, 0.1) is 0 Å². The van der Waals surface area contributed by atoms with Crippen LogP contribution in [-0.2, 0) is 6.42 Å². The van der Waals surface area contributed by atoms with Gasteiger partial charge in [0.2, 0.25) is 0 Å². The average molecular weight is 239 g/mol. The number of hydrogen-bond acceptors (Lipinski definition) is 2. The Morgan fingerprint density at radius 3 is 2.94 bits per heavy atom. The maximum atomic E-state index is 5.91. The lowest BCUT2D eigenvalue weighted by Gasteiger charge is -2.25. The minimum Gasteiger partial charge on any atom is -0.370 e. The van der Waals surface area contributed by atoms with Gasteiger partial charge in [-0.15, -0.1) is 11.3 Å². The van der Waals surface area contributed by atoms with Gasteiger partial charge in [0.15, 0.2) is 5.96 Å². The van der Waals surface area contributed by atoms with E-state index in [2.05, 4.69) is 41.3 Å². The molecule has 1 unspecified atom stereocenters. The molecule has 0 amide bonds. The van der Waals surface area contributed by atoms with Crippen LogP contribution in [0.15, 0.2) is 22.5 Å². The van der Waals surface area contributed by atoms with E-state index in [9.17, 15) is 0 Å². The topological polar surface area (TPSA) is 41.6 Å². The first-order valence-electron chi connectivity index (χ1n) is 5.70. The van der Waals surface area contributed by atoms with E-state index in [0.29, 0.717) is 12.0 Å². The number of hydrogen-bond donors (Lipinski definition) is 1. The van der Waals surface area contributed by atoms with E-state index >= 15 is 0 Å². The fraction of sp³-hybridized carbons (Fsp3) is 0.583. The van der Waals surface area contributed by atoms with Gasteiger partial charge in [-0.05, 0) is 24.8 Å². The molecule has 1 aromatic heterocycles. The van der Waals surface area contributed by atoms with Crippen LogP contribution < -0.4 is 5.73 Å². The number of nitrogens with two attached hydrogens (primary N) is 1. The Hall–Kier alpha value is -1.03. The van der Waals surface area contributed by atoms with Crippen molar-refractivity contribution in [3.8, 4) is 0 Å². The van der Waals surface area contributed by atoms with Gasteiger partial charge in [-0.1, -0.05) is 13.0 Å². The Kier molecular flexibility index (Phi) is 5.32. The molecule has 4 heteroatoms. The van der Waals surface area contributed by atoms with Crippen molar-refractivity contribution >= 4 is 17.3 Å². The van der Waals surface area contributed by atoms with Crippen LogP contribution in [0.2, 0.25) is 0 Å². The van der Waals surface area contributed by atoms with Crippen LogP contribution in [-0.4, -0.2) is 30.5 Å². The predicted octanol–water partition coefficient (Wildman–Crippen LogP) is 2.34. The second-order valence-corrected chi connectivity index (χ2v) is 5.02. The smallest absolute Gasteiger partial charge is 0.191 e. The van der Waals surface area contributed by atoms with Crippen LogP contribution in [0.25, 0.3) is 0 Å². The monoisotopic (exact) mass is 239 g/mol. The summed E-state index contributed by atoms with van der Waals surface area (Å²) in [7, 11) is 2.01. The van der Waals surface area contributed by atoms with Gasteiger partial charge in [0, 0.05) is 30.9 Å². The first-order chi connectivity index (χ1) is 7.65. The van der Waals surface area contributed by atoms with Crippen molar-refractivity contribution in [1.82, 2.24) is 4.90 Å². The highest BCUT2D eigenvalue weighted by Gasteiger charge is 2.12. The van der Waals surface area contributed by atoms with Crippen LogP contribution in [0.4, 0.5) is 0 Å². The zero-order valence-corrected chi connectivity index (χ0v) is 11.1. The van der Waals surface area contributed by atoms with E-state index in [1.165, 1.54) is 4.88 Å². The molecular formula is C12H21N3S. The number of thiophene rings is 1. The van der Waals surface area contributed by atoms with Gasteiger partial charge in [-0.2, -0.15) is 0 Å². The fourth-order valence-corrected chi connectivity index (χ4v) is 2.25. The van der Waals surface area contributed by atoms with Crippen molar-refractivity contribution in [3.63, 3.8) is 0 Å². The van der Waals surface area contributed by atoms with Crippen molar-refractivity contribution in [3.05, 3.63) is 22.4 Å². The first kappa shape index (κ1) is 13.0. The third-order valence-corrected chi connectivity index (χ3v) is 3.50. The lowest BCUT2D eigenvalue weighted by atomic mass is 10.2. The normalized spacial score (nSPS) is 13.8. The molecule has 3 nitrogen and oxygen atoms in total. The summed E-state index contributed by atoms with van der Waals surface area (Å²) in [5.41, 5.74) is 5.91. The molecule has 0 bridgehead atoms. The predicted molar refractivity (Wildman–Crippen MR) is 72.0 cm³/mol. The summed E-state index contributed by atoms with van der Waals surface area (Å²) in [6.45, 7) is 5.09. The van der Waals surface area contributed by atoms with Gasteiger partial charge in [-0.3, -0.25) is 4.99 Å². The maximum Gasteiger partial charge on any atom is 0.191 e. The van der Waals surface area contributed by atoms with E-state index < -0.39 is 0 Å². The van der Waals surface area contributed by atoms with Crippen molar-refractivity contribution in [2.24, 2.45) is 10.7 Å². The van der Waals surface area contributed by atoms with Crippen molar-refractivity contribution < 1.29 is 0 Å². The molecule has 0 aliphatic carbocycles. The first-order valence-corrected chi connectivity index (χ1v) is 6.58. The maximum absolute atomic E-state index is 5.91. The van der Waals surface area contributed by atoms with Crippen LogP contribution in [0.5, 0.6) is 0 Å². The van der Waals surface area contributed by atoms with E-state index in [0.717, 1.165) is 19.4 Å². The largest absolute Gasteiger partial charge is 0.370 e. The highest BCUT2D eigenvalue weighted by atomic mass is 32.1. The zero-order chi connectivity index (χ0) is 12.0. The van der Waals surface area contributed by atoms with E-state index in [1.807, 2.05) is 7.05 Å². The van der Waals surface area contributed by atoms with E-state index in [1.54, 1.807) is 11.3 Å². The van der Waals surface area contributed by atoms with Crippen LogP contribution in [0, 0.1) is 0 Å². The Morgan fingerprint density at radius 2 is 2.38 bits per heavy atom. The quantitative estimate of drug-likeness (QED) is 0.633. The molecule has 90 valence electrons. The number of aliphatic imine (C=N–C) groups is 1. The summed E-state index contributed by atoms with van der Waals surface area (Å²) in [5.74, 6) is 0.644. The minimum absolute atomic E-state index is 0.388. The molecule has 2 N–H and O–H groups in total. The fourth-order valence-electron chi connectivity index (χ4n) is 1.42. The molecule has 0 saturated heterocycles. The molecule has 0 aliphatic rings. The summed E-state index contributed by atoms with van der Waals surface area (Å²) < 4.78 is 0. The molecule has 1 aromatic rings. The second-order valence-electron chi connectivity index (χ2n) is 3.98. The molecule has 0 saturated carbocycles. The Bertz CT molecular complexity index is 319. The Morgan fingerprint density at radius 1 is 1.62 bits per heavy atom. The third-order valence-electron chi connectivity index (χ3n) is 2.60. The van der Waals surface area contributed by atoms with Gasteiger partial charge in [0.25, 0.3) is 0 Å². The molecule has 16 heavy (non-hydrogen) atoms. The SMILES string of the molecule is CCCN=C(N)N(C)C(C)Cc1cccs1. The highest BCUT2D eigenvalue weighted by molar-refractivity contribution is 7.09. The van der Waals surface area contributed by atoms with E-state index in [4.69, 9.17) is 5.73 Å². The lowest BCUT2D eigenvalue weighted by molar-refractivity contribution is 0.384. The summed E-state index contributed by atoms with van der Waals surface area (Å²) in [4.78, 5) is 7.76. The molecule has 1 heterocycles. The second kappa shape index (κ2) is 6.53. The molecule has 0 aliphatic heterocycles. The van der Waals surface area contributed by atoms with E-state index in [-0.39, 0.29) is 0 Å². The van der Waals surface area contributed by atoms with Gasteiger partial charge in [0.1, 0.15) is 0 Å². The Balaban J connectivity index is 2.50. The van der Waals surface area contributed by atoms with Crippen molar-refractivity contribution in [2.45, 2.75) is 32.7 Å². The molecule has 0 spiro atoms. The molecular weight excluding hydrogens is 218 g/mol. The zero-order valence-electron chi connectivity index (χ0n) is 10.3. The summed E-state index contributed by atoms with van der Waals surface area (Å²) >= 11 is 1.79. The van der Waals surface area contributed by atoms with Crippen molar-refractivity contribution in [2.75, 3.05) is 13.6 Å². The summed E-state index contributed by atoms with van der Waals surface area (Å²) in [6.07, 6.45) is 2.06. The Labute approximate surface area is 102 Å². The van der Waals surface area contributed by atoms with Gasteiger partial charge in [-0.25, -0.2) is 0 Å². The van der Waals surface area contributed by atoms with Crippen LogP contribution in [0.3, 0.4) is 0 Å². The number of likely N-dealkylation sites (N-methyl/N-ethyl adjacent to an activating group) is 1. The summed E-state index contributed by atoms with van der Waals surface area (Å²) in [6, 6.07) is 4.63. The highest BCUT2D eigenvalue weighted by Crippen LogP contribution is 2.13. The summed E-state index contributed by atoms with van der Waals surface area (Å²) in [5, 5.41) is 2.11. The average Bonchev–Trinajstić information content (AvgIpc) is 2.77. The number of rotatable bonds is 5. The van der Waals surface area contributed by atoms with Gasteiger partial charge >= 0.3 is 0 Å². The van der Waals surface area contributed by atoms with Crippen LogP contribution >= 0.6 is 11.3 Å². The molecule has 1 atom stereocenters. The van der Waals surface area contributed by atoms with Crippen molar-refractivity contribution in [1.29, 1.82) is 0 Å². The molecule has 1 rings (SSSR count). The third kappa shape index (κ3) is 3.85. The standard InChI is InChI=1S/C12H21N3S/c1-4-7-14-12(13)15(3)10(2)9-11-6-5-8-16-11/h5-6,8,10H,4,7,9H2,1-3H3,(H2,13,14). The van der Waals surface area contributed by atoms with Crippen LogP contribution in [0.1, 0.15) is 25.1 Å². The lowest BCUT2D eigenvalue weighted by Crippen LogP contribution is -2.41. The minimum atomic E-state index is 0.388. The number of nitrogens with zero attached hydrogens (tertiary/aromatic N) is 2. The number of guanidine groups is 1. The molecule has 0 fully saturated rings.